The summed E-state index contributed by atoms with van der Waals surface area (Å²) in [6.45, 7) is 3.22. The third kappa shape index (κ3) is 3.85. The Labute approximate surface area is 146 Å². The highest BCUT2D eigenvalue weighted by Crippen LogP contribution is 2.28. The quantitative estimate of drug-likeness (QED) is 0.865. The van der Waals surface area contributed by atoms with Gasteiger partial charge in [-0.15, -0.1) is 5.10 Å². The molecule has 1 saturated heterocycles. The molecule has 1 atom stereocenters. The molecule has 0 bridgehead atoms. The van der Waals surface area contributed by atoms with E-state index in [9.17, 15) is 0 Å². The van der Waals surface area contributed by atoms with Gasteiger partial charge in [0.2, 0.25) is 5.95 Å². The number of rotatable bonds is 4. The standard InChI is InChI=1S/C16H19Cl2N5/c1-2-12-5-3-4-8-23(12)15-10-19-22-16(21-15)20-14-7-6-11(17)9-13(14)18/h6-7,9-10,12H,2-5,8H2,1H3,(H,20,21,22). The van der Waals surface area contributed by atoms with Crippen molar-refractivity contribution >= 4 is 40.7 Å². The number of hydrogen-bond acceptors (Lipinski definition) is 5. The Morgan fingerprint density at radius 2 is 2.17 bits per heavy atom. The van der Waals surface area contributed by atoms with Crippen LogP contribution in [0.2, 0.25) is 10.0 Å². The summed E-state index contributed by atoms with van der Waals surface area (Å²) < 4.78 is 0. The molecule has 2 aromatic rings. The molecular formula is C16H19Cl2N5. The second kappa shape index (κ2) is 7.32. The van der Waals surface area contributed by atoms with Gasteiger partial charge in [0.15, 0.2) is 5.82 Å². The lowest BCUT2D eigenvalue weighted by molar-refractivity contribution is 0.446. The van der Waals surface area contributed by atoms with E-state index in [-0.39, 0.29) is 0 Å². The van der Waals surface area contributed by atoms with E-state index in [0.29, 0.717) is 27.7 Å². The van der Waals surface area contributed by atoms with Gasteiger partial charge in [-0.25, -0.2) is 0 Å². The van der Waals surface area contributed by atoms with Crippen LogP contribution in [0.4, 0.5) is 17.5 Å². The van der Waals surface area contributed by atoms with Crippen molar-refractivity contribution in [1.29, 1.82) is 0 Å². The first-order valence-electron chi connectivity index (χ1n) is 7.86. The Hall–Kier alpha value is -1.59. The maximum atomic E-state index is 6.18. The van der Waals surface area contributed by atoms with Gasteiger partial charge in [0, 0.05) is 17.6 Å². The minimum Gasteiger partial charge on any atom is -0.352 e. The third-order valence-corrected chi connectivity index (χ3v) is 4.66. The Bertz CT molecular complexity index is 679. The molecule has 0 radical (unpaired) electrons. The molecule has 5 nitrogen and oxygen atoms in total. The van der Waals surface area contributed by atoms with E-state index in [1.807, 2.05) is 0 Å². The van der Waals surface area contributed by atoms with Crippen molar-refractivity contribution in [2.75, 3.05) is 16.8 Å². The Balaban J connectivity index is 1.82. The Kier molecular flexibility index (Phi) is 5.18. The van der Waals surface area contributed by atoms with Crippen LogP contribution >= 0.6 is 23.2 Å². The van der Waals surface area contributed by atoms with Crippen molar-refractivity contribution in [3.05, 3.63) is 34.4 Å². The molecule has 0 amide bonds. The van der Waals surface area contributed by atoms with Crippen LogP contribution in [0.25, 0.3) is 0 Å². The van der Waals surface area contributed by atoms with Gasteiger partial charge in [-0.1, -0.05) is 30.1 Å². The highest BCUT2D eigenvalue weighted by atomic mass is 35.5. The number of halogens is 2. The number of nitrogens with zero attached hydrogens (tertiary/aromatic N) is 4. The zero-order chi connectivity index (χ0) is 16.2. The summed E-state index contributed by atoms with van der Waals surface area (Å²) in [6.07, 6.45) is 6.50. The molecule has 0 aliphatic carbocycles. The number of nitrogens with one attached hydrogen (secondary N) is 1. The maximum Gasteiger partial charge on any atom is 0.249 e. The summed E-state index contributed by atoms with van der Waals surface area (Å²) in [4.78, 5) is 6.93. The number of piperidine rings is 1. The van der Waals surface area contributed by atoms with Gasteiger partial charge in [0.25, 0.3) is 0 Å². The van der Waals surface area contributed by atoms with E-state index in [2.05, 4.69) is 32.3 Å². The lowest BCUT2D eigenvalue weighted by Crippen LogP contribution is -2.39. The number of hydrogen-bond donors (Lipinski definition) is 1. The van der Waals surface area contributed by atoms with Gasteiger partial charge in [0.1, 0.15) is 0 Å². The highest BCUT2D eigenvalue weighted by Gasteiger charge is 2.22. The summed E-state index contributed by atoms with van der Waals surface area (Å²) in [5.74, 6) is 1.30. The molecule has 7 heteroatoms. The minimum absolute atomic E-state index is 0.437. The second-order valence-electron chi connectivity index (χ2n) is 5.64. The van der Waals surface area contributed by atoms with Crippen molar-refractivity contribution < 1.29 is 0 Å². The van der Waals surface area contributed by atoms with Gasteiger partial charge in [-0.05, 0) is 43.9 Å². The molecule has 1 aliphatic rings. The predicted molar refractivity (Wildman–Crippen MR) is 94.8 cm³/mol. The van der Waals surface area contributed by atoms with Gasteiger partial charge in [-0.2, -0.15) is 10.1 Å². The van der Waals surface area contributed by atoms with E-state index in [1.165, 1.54) is 19.3 Å². The van der Waals surface area contributed by atoms with E-state index in [0.717, 1.165) is 18.8 Å². The molecule has 3 rings (SSSR count). The van der Waals surface area contributed by atoms with Crippen LogP contribution in [-0.4, -0.2) is 27.8 Å². The van der Waals surface area contributed by atoms with Crippen LogP contribution < -0.4 is 10.2 Å². The fourth-order valence-electron chi connectivity index (χ4n) is 2.92. The molecule has 1 N–H and O–H groups in total. The molecule has 1 aromatic heterocycles. The van der Waals surface area contributed by atoms with E-state index in [1.54, 1.807) is 24.4 Å². The summed E-state index contributed by atoms with van der Waals surface area (Å²) in [6, 6.07) is 5.77. The average molecular weight is 352 g/mol. The van der Waals surface area contributed by atoms with E-state index in [4.69, 9.17) is 23.2 Å². The van der Waals surface area contributed by atoms with Crippen molar-refractivity contribution in [3.8, 4) is 0 Å². The normalized spacial score (nSPS) is 18.0. The van der Waals surface area contributed by atoms with Crippen molar-refractivity contribution in [1.82, 2.24) is 15.2 Å². The van der Waals surface area contributed by atoms with Crippen LogP contribution in [0.5, 0.6) is 0 Å². The first-order valence-corrected chi connectivity index (χ1v) is 8.61. The van der Waals surface area contributed by atoms with Gasteiger partial charge in [0.05, 0.1) is 16.9 Å². The van der Waals surface area contributed by atoms with Crippen molar-refractivity contribution in [2.24, 2.45) is 0 Å². The van der Waals surface area contributed by atoms with Crippen molar-refractivity contribution in [3.63, 3.8) is 0 Å². The molecule has 1 aliphatic heterocycles. The fraction of sp³-hybridized carbons (Fsp3) is 0.438. The smallest absolute Gasteiger partial charge is 0.249 e. The van der Waals surface area contributed by atoms with Crippen LogP contribution in [0, 0.1) is 0 Å². The third-order valence-electron chi connectivity index (χ3n) is 4.12. The zero-order valence-corrected chi connectivity index (χ0v) is 14.5. The molecule has 1 unspecified atom stereocenters. The summed E-state index contributed by atoms with van der Waals surface area (Å²) in [5.41, 5.74) is 0.709. The lowest BCUT2D eigenvalue weighted by atomic mass is 10.0. The molecule has 1 fully saturated rings. The monoisotopic (exact) mass is 351 g/mol. The molecule has 122 valence electrons. The highest BCUT2D eigenvalue weighted by molar-refractivity contribution is 6.36. The molecule has 23 heavy (non-hydrogen) atoms. The first-order chi connectivity index (χ1) is 11.2. The Morgan fingerprint density at radius 1 is 1.30 bits per heavy atom. The molecule has 1 aromatic carbocycles. The van der Waals surface area contributed by atoms with E-state index < -0.39 is 0 Å². The second-order valence-corrected chi connectivity index (χ2v) is 6.48. The molecule has 0 saturated carbocycles. The molecular weight excluding hydrogens is 333 g/mol. The largest absolute Gasteiger partial charge is 0.352 e. The fourth-order valence-corrected chi connectivity index (χ4v) is 3.38. The Morgan fingerprint density at radius 3 is 2.96 bits per heavy atom. The van der Waals surface area contributed by atoms with Gasteiger partial charge < -0.3 is 10.2 Å². The topological polar surface area (TPSA) is 53.9 Å². The van der Waals surface area contributed by atoms with Crippen LogP contribution in [0.1, 0.15) is 32.6 Å². The van der Waals surface area contributed by atoms with Crippen LogP contribution in [0.15, 0.2) is 24.4 Å². The van der Waals surface area contributed by atoms with Gasteiger partial charge in [-0.3, -0.25) is 0 Å². The van der Waals surface area contributed by atoms with E-state index >= 15 is 0 Å². The SMILES string of the molecule is CCC1CCCCN1c1cnnc(Nc2ccc(Cl)cc2Cl)n1. The number of benzene rings is 1. The maximum absolute atomic E-state index is 6.18. The van der Waals surface area contributed by atoms with Crippen molar-refractivity contribution in [2.45, 2.75) is 38.6 Å². The molecule has 2 heterocycles. The minimum atomic E-state index is 0.437. The van der Waals surface area contributed by atoms with Crippen LogP contribution in [0.3, 0.4) is 0 Å². The zero-order valence-electron chi connectivity index (χ0n) is 13.0. The van der Waals surface area contributed by atoms with Gasteiger partial charge >= 0.3 is 0 Å². The summed E-state index contributed by atoms with van der Waals surface area (Å²) in [7, 11) is 0. The average Bonchev–Trinajstić information content (AvgIpc) is 2.58. The number of aromatic nitrogens is 3. The summed E-state index contributed by atoms with van der Waals surface area (Å²) >= 11 is 12.1. The first kappa shape index (κ1) is 16.3. The van der Waals surface area contributed by atoms with Crippen LogP contribution in [-0.2, 0) is 0 Å². The lowest BCUT2D eigenvalue weighted by Gasteiger charge is -2.35. The number of anilines is 3. The summed E-state index contributed by atoms with van der Waals surface area (Å²) in [5, 5.41) is 12.4. The molecule has 0 spiro atoms. The predicted octanol–water partition coefficient (Wildman–Crippen LogP) is 4.69.